The molecule has 1 aliphatic heterocycles. The van der Waals surface area contributed by atoms with Gasteiger partial charge in [-0.1, -0.05) is 42.8 Å². The number of rotatable bonds is 4. The van der Waals surface area contributed by atoms with E-state index in [1.165, 1.54) is 0 Å². The lowest BCUT2D eigenvalue weighted by molar-refractivity contribution is -0.121. The Morgan fingerprint density at radius 1 is 1.07 bits per heavy atom. The number of likely N-dealkylation sites (tertiary alicyclic amines) is 1. The quantitative estimate of drug-likeness (QED) is 0.745. The third-order valence-corrected chi connectivity index (χ3v) is 5.67. The molecule has 0 spiro atoms. The van der Waals surface area contributed by atoms with E-state index >= 15 is 0 Å². The van der Waals surface area contributed by atoms with Gasteiger partial charge < -0.3 is 15.5 Å². The number of aryl methyl sites for hydroxylation is 1. The van der Waals surface area contributed by atoms with Gasteiger partial charge >= 0.3 is 6.03 Å². The van der Waals surface area contributed by atoms with Crippen molar-refractivity contribution in [2.45, 2.75) is 26.7 Å². The van der Waals surface area contributed by atoms with Crippen molar-refractivity contribution in [3.63, 3.8) is 0 Å². The Labute approximate surface area is 171 Å². The molecule has 0 saturated carbocycles. The number of urea groups is 1. The number of anilines is 2. The SMILES string of the molecule is Cc1ccc(NC(=O)C(C)C2CCN(C(=O)Nc3ccccc3)CC2)c(Cl)c1. The molecule has 0 radical (unpaired) electrons. The van der Waals surface area contributed by atoms with Crippen molar-refractivity contribution >= 4 is 34.9 Å². The number of halogens is 1. The second kappa shape index (κ2) is 9.11. The molecule has 3 rings (SSSR count). The van der Waals surface area contributed by atoms with Crippen LogP contribution in [-0.4, -0.2) is 29.9 Å². The molecule has 3 amide bonds. The Bertz CT molecular complexity index is 833. The Hall–Kier alpha value is -2.53. The summed E-state index contributed by atoms with van der Waals surface area (Å²) in [5, 5.41) is 6.40. The number of hydrogen-bond donors (Lipinski definition) is 2. The second-order valence-corrected chi connectivity index (χ2v) is 7.79. The lowest BCUT2D eigenvalue weighted by Gasteiger charge is -2.34. The third-order valence-electron chi connectivity index (χ3n) is 5.36. The van der Waals surface area contributed by atoms with Crippen molar-refractivity contribution in [1.82, 2.24) is 4.90 Å². The van der Waals surface area contributed by atoms with Gasteiger partial charge in [-0.15, -0.1) is 0 Å². The summed E-state index contributed by atoms with van der Waals surface area (Å²) in [4.78, 5) is 26.9. The predicted octanol–water partition coefficient (Wildman–Crippen LogP) is 5.17. The minimum atomic E-state index is -0.142. The number of benzene rings is 2. The van der Waals surface area contributed by atoms with Crippen molar-refractivity contribution in [3.05, 3.63) is 59.1 Å². The molecule has 1 heterocycles. The molecule has 1 saturated heterocycles. The molecule has 148 valence electrons. The molecular formula is C22H26ClN3O2. The summed E-state index contributed by atoms with van der Waals surface area (Å²) < 4.78 is 0. The first-order chi connectivity index (χ1) is 13.4. The van der Waals surface area contributed by atoms with Gasteiger partial charge in [0.1, 0.15) is 0 Å². The van der Waals surface area contributed by atoms with E-state index in [1.807, 2.05) is 67.3 Å². The number of carbonyl (C=O) groups is 2. The maximum atomic E-state index is 12.6. The number of nitrogens with one attached hydrogen (secondary N) is 2. The molecule has 1 aliphatic rings. The van der Waals surface area contributed by atoms with Crippen LogP contribution in [0.3, 0.4) is 0 Å². The van der Waals surface area contributed by atoms with Crippen LogP contribution < -0.4 is 10.6 Å². The van der Waals surface area contributed by atoms with Gasteiger partial charge in [-0.25, -0.2) is 4.79 Å². The van der Waals surface area contributed by atoms with Crippen molar-refractivity contribution < 1.29 is 9.59 Å². The average Bonchev–Trinajstić information content (AvgIpc) is 2.70. The minimum absolute atomic E-state index is 0.0297. The predicted molar refractivity (Wildman–Crippen MR) is 114 cm³/mol. The summed E-state index contributed by atoms with van der Waals surface area (Å²) in [5.74, 6) is 0.0691. The Morgan fingerprint density at radius 3 is 2.39 bits per heavy atom. The van der Waals surface area contributed by atoms with Gasteiger partial charge in [0.2, 0.25) is 5.91 Å². The van der Waals surface area contributed by atoms with Crippen LogP contribution in [0.2, 0.25) is 5.02 Å². The normalized spacial score (nSPS) is 15.8. The first-order valence-electron chi connectivity index (χ1n) is 9.62. The van der Waals surface area contributed by atoms with Crippen molar-refractivity contribution in [2.75, 3.05) is 23.7 Å². The summed E-state index contributed by atoms with van der Waals surface area (Å²) >= 11 is 6.22. The first kappa shape index (κ1) is 20.2. The van der Waals surface area contributed by atoms with Gasteiger partial charge in [0.05, 0.1) is 10.7 Å². The Balaban J connectivity index is 1.51. The van der Waals surface area contributed by atoms with Gasteiger partial charge in [-0.2, -0.15) is 0 Å². The average molecular weight is 400 g/mol. The topological polar surface area (TPSA) is 61.4 Å². The second-order valence-electron chi connectivity index (χ2n) is 7.38. The molecule has 0 aromatic heterocycles. The van der Waals surface area contributed by atoms with Crippen LogP contribution in [0.25, 0.3) is 0 Å². The summed E-state index contributed by atoms with van der Waals surface area (Å²) in [7, 11) is 0. The number of piperidine rings is 1. The van der Waals surface area contributed by atoms with Gasteiger partial charge in [0, 0.05) is 24.7 Å². The molecule has 6 heteroatoms. The highest BCUT2D eigenvalue weighted by Crippen LogP contribution is 2.28. The lowest BCUT2D eigenvalue weighted by Crippen LogP contribution is -2.43. The van der Waals surface area contributed by atoms with Gasteiger partial charge in [-0.05, 0) is 55.5 Å². The van der Waals surface area contributed by atoms with E-state index in [0.717, 1.165) is 24.1 Å². The van der Waals surface area contributed by atoms with Crippen LogP contribution in [0, 0.1) is 18.8 Å². The van der Waals surface area contributed by atoms with E-state index in [1.54, 1.807) is 0 Å². The number of hydrogen-bond acceptors (Lipinski definition) is 2. The zero-order valence-corrected chi connectivity index (χ0v) is 17.0. The van der Waals surface area contributed by atoms with E-state index in [0.29, 0.717) is 23.8 Å². The summed E-state index contributed by atoms with van der Waals surface area (Å²) in [6.45, 7) is 5.20. The molecule has 0 bridgehead atoms. The molecule has 1 fully saturated rings. The van der Waals surface area contributed by atoms with E-state index in [9.17, 15) is 9.59 Å². The zero-order chi connectivity index (χ0) is 20.1. The smallest absolute Gasteiger partial charge is 0.321 e. The molecule has 5 nitrogen and oxygen atoms in total. The van der Waals surface area contributed by atoms with E-state index < -0.39 is 0 Å². The maximum absolute atomic E-state index is 12.6. The third kappa shape index (κ3) is 5.04. The summed E-state index contributed by atoms with van der Waals surface area (Å²) in [6, 6.07) is 14.9. The van der Waals surface area contributed by atoms with Crippen molar-refractivity contribution in [3.8, 4) is 0 Å². The molecule has 1 atom stereocenters. The zero-order valence-electron chi connectivity index (χ0n) is 16.2. The highest BCUT2D eigenvalue weighted by molar-refractivity contribution is 6.33. The number of amides is 3. The van der Waals surface area contributed by atoms with Crippen LogP contribution in [0.5, 0.6) is 0 Å². The molecular weight excluding hydrogens is 374 g/mol. The number of carbonyl (C=O) groups excluding carboxylic acids is 2. The highest BCUT2D eigenvalue weighted by atomic mass is 35.5. The Morgan fingerprint density at radius 2 is 1.75 bits per heavy atom. The van der Waals surface area contributed by atoms with Crippen molar-refractivity contribution in [1.29, 1.82) is 0 Å². The molecule has 28 heavy (non-hydrogen) atoms. The van der Waals surface area contributed by atoms with Crippen molar-refractivity contribution in [2.24, 2.45) is 11.8 Å². The van der Waals surface area contributed by atoms with E-state index in [4.69, 9.17) is 11.6 Å². The maximum Gasteiger partial charge on any atom is 0.321 e. The molecule has 2 N–H and O–H groups in total. The largest absolute Gasteiger partial charge is 0.325 e. The first-order valence-corrected chi connectivity index (χ1v) is 10.00. The minimum Gasteiger partial charge on any atom is -0.325 e. The molecule has 1 unspecified atom stereocenters. The molecule has 2 aromatic carbocycles. The van der Waals surface area contributed by atoms with E-state index in [-0.39, 0.29) is 23.8 Å². The lowest BCUT2D eigenvalue weighted by atomic mass is 9.85. The Kier molecular flexibility index (Phi) is 6.57. The van der Waals surface area contributed by atoms with E-state index in [2.05, 4.69) is 10.6 Å². The monoisotopic (exact) mass is 399 g/mol. The standard InChI is InChI=1S/C22H26ClN3O2/c1-15-8-9-20(19(23)14-15)25-21(27)16(2)17-10-12-26(13-11-17)22(28)24-18-6-4-3-5-7-18/h3-9,14,16-17H,10-13H2,1-2H3,(H,24,28)(H,25,27). The fourth-order valence-electron chi connectivity index (χ4n) is 3.51. The summed E-state index contributed by atoms with van der Waals surface area (Å²) in [6.07, 6.45) is 1.61. The molecule has 2 aromatic rings. The van der Waals surface area contributed by atoms with Crippen LogP contribution in [-0.2, 0) is 4.79 Å². The summed E-state index contributed by atoms with van der Waals surface area (Å²) in [5.41, 5.74) is 2.48. The van der Waals surface area contributed by atoms with Crippen LogP contribution in [0.15, 0.2) is 48.5 Å². The van der Waals surface area contributed by atoms with Gasteiger partial charge in [0.15, 0.2) is 0 Å². The number of para-hydroxylation sites is 1. The van der Waals surface area contributed by atoms with Gasteiger partial charge in [-0.3, -0.25) is 4.79 Å². The van der Waals surface area contributed by atoms with Crippen LogP contribution >= 0.6 is 11.6 Å². The van der Waals surface area contributed by atoms with Crippen LogP contribution in [0.1, 0.15) is 25.3 Å². The fraction of sp³-hybridized carbons (Fsp3) is 0.364. The van der Waals surface area contributed by atoms with Crippen LogP contribution in [0.4, 0.5) is 16.2 Å². The number of nitrogens with zero attached hydrogens (tertiary/aromatic N) is 1. The molecule has 0 aliphatic carbocycles. The highest BCUT2D eigenvalue weighted by Gasteiger charge is 2.30. The van der Waals surface area contributed by atoms with Gasteiger partial charge in [0.25, 0.3) is 0 Å². The fourth-order valence-corrected chi connectivity index (χ4v) is 3.79.